The van der Waals surface area contributed by atoms with Gasteiger partial charge in [0.2, 0.25) is 5.82 Å². The molecule has 30 heavy (non-hydrogen) atoms. The van der Waals surface area contributed by atoms with Crippen LogP contribution in [0.15, 0.2) is 41.3 Å². The lowest BCUT2D eigenvalue weighted by molar-refractivity contribution is -0.144. The predicted octanol–water partition coefficient (Wildman–Crippen LogP) is 1.38. The molecule has 3 N–H and O–H groups in total. The van der Waals surface area contributed by atoms with E-state index in [0.717, 1.165) is 4.57 Å². The zero-order valence-electron chi connectivity index (χ0n) is 15.0. The second-order valence-corrected chi connectivity index (χ2v) is 6.11. The molecule has 0 fully saturated rings. The number of hydrogen-bond acceptors (Lipinski definition) is 6. The summed E-state index contributed by atoms with van der Waals surface area (Å²) in [7, 11) is 0. The van der Waals surface area contributed by atoms with Crippen molar-refractivity contribution >= 4 is 22.9 Å². The molecule has 1 aromatic carbocycles. The summed E-state index contributed by atoms with van der Waals surface area (Å²) in [5, 5.41) is 20.6. The molecule has 0 bridgehead atoms. The number of fused-ring (bicyclic) bond motifs is 1. The summed E-state index contributed by atoms with van der Waals surface area (Å²) in [5.41, 5.74) is -1.99. The van der Waals surface area contributed by atoms with E-state index >= 15 is 0 Å². The number of aromatic hydroxyl groups is 1. The van der Waals surface area contributed by atoms with Gasteiger partial charge in [0.15, 0.2) is 5.65 Å². The number of halogens is 3. The molecule has 0 unspecified atom stereocenters. The van der Waals surface area contributed by atoms with Crippen LogP contribution < -0.4 is 10.9 Å². The Bertz CT molecular complexity index is 1190. The van der Waals surface area contributed by atoms with E-state index in [0.29, 0.717) is 11.8 Å². The van der Waals surface area contributed by atoms with Crippen LogP contribution in [0.1, 0.15) is 21.7 Å². The average molecular weight is 422 g/mol. The SMILES string of the molecule is O=C(O)CNC(=O)c1c(O)c2cnc(C(F)(F)F)nc2n(Cc2ccccc2)c1=O. The predicted molar refractivity (Wildman–Crippen MR) is 96.0 cm³/mol. The van der Waals surface area contributed by atoms with Gasteiger partial charge in [0.05, 0.1) is 11.9 Å². The molecule has 0 saturated carbocycles. The summed E-state index contributed by atoms with van der Waals surface area (Å²) < 4.78 is 40.0. The number of aromatic nitrogens is 3. The van der Waals surface area contributed by atoms with E-state index in [2.05, 4.69) is 9.97 Å². The molecule has 0 radical (unpaired) electrons. The molecule has 12 heteroatoms. The molecule has 9 nitrogen and oxygen atoms in total. The molecule has 3 rings (SSSR count). The Kier molecular flexibility index (Phi) is 5.41. The van der Waals surface area contributed by atoms with Crippen molar-refractivity contribution in [3.05, 3.63) is 63.8 Å². The lowest BCUT2D eigenvalue weighted by Gasteiger charge is -2.15. The molecule has 1 amide bonds. The van der Waals surface area contributed by atoms with Crippen LogP contribution in [0, 0.1) is 0 Å². The highest BCUT2D eigenvalue weighted by Crippen LogP contribution is 2.30. The summed E-state index contributed by atoms with van der Waals surface area (Å²) >= 11 is 0. The molecule has 3 aromatic rings. The van der Waals surface area contributed by atoms with Crippen molar-refractivity contribution in [2.75, 3.05) is 6.54 Å². The van der Waals surface area contributed by atoms with E-state index in [4.69, 9.17) is 5.11 Å². The van der Waals surface area contributed by atoms with Crippen molar-refractivity contribution < 1.29 is 33.0 Å². The maximum absolute atomic E-state index is 13.1. The van der Waals surface area contributed by atoms with Gasteiger partial charge in [-0.15, -0.1) is 0 Å². The molecule has 0 aliphatic rings. The van der Waals surface area contributed by atoms with Crippen LogP contribution in [-0.2, 0) is 17.5 Å². The number of carboxylic acid groups (broad SMARTS) is 1. The fourth-order valence-corrected chi connectivity index (χ4v) is 2.71. The molecule has 0 spiro atoms. The Hall–Kier alpha value is -3.96. The standard InChI is InChI=1S/C18H13F3N4O5/c19-18(20,21)17-23-6-10-13(28)12(15(29)22-7-11(26)27)16(30)25(14(10)24-17)8-9-4-2-1-3-5-9/h1-6,28H,7-8H2,(H,22,29)(H,26,27). The molecule has 0 saturated heterocycles. The normalized spacial score (nSPS) is 11.4. The van der Waals surface area contributed by atoms with E-state index in [-0.39, 0.29) is 11.9 Å². The van der Waals surface area contributed by atoms with Crippen LogP contribution in [0.25, 0.3) is 11.0 Å². The number of amides is 1. The summed E-state index contributed by atoms with van der Waals surface area (Å²) in [5.74, 6) is -5.08. The number of pyridine rings is 1. The largest absolute Gasteiger partial charge is 0.506 e. The molecular formula is C18H13F3N4O5. The summed E-state index contributed by atoms with van der Waals surface area (Å²) in [6.07, 6.45) is -4.26. The van der Waals surface area contributed by atoms with Gasteiger partial charge in [0.25, 0.3) is 11.5 Å². The Morgan fingerprint density at radius 2 is 1.83 bits per heavy atom. The first-order valence-corrected chi connectivity index (χ1v) is 8.33. The molecular weight excluding hydrogens is 409 g/mol. The van der Waals surface area contributed by atoms with E-state index < -0.39 is 52.9 Å². The third-order valence-corrected chi connectivity index (χ3v) is 4.04. The number of carbonyl (C=O) groups is 2. The van der Waals surface area contributed by atoms with Gasteiger partial charge in [0, 0.05) is 6.20 Å². The van der Waals surface area contributed by atoms with Gasteiger partial charge in [-0.25, -0.2) is 9.97 Å². The second-order valence-electron chi connectivity index (χ2n) is 6.11. The van der Waals surface area contributed by atoms with Crippen molar-refractivity contribution in [3.8, 4) is 5.75 Å². The zero-order valence-corrected chi connectivity index (χ0v) is 15.0. The summed E-state index contributed by atoms with van der Waals surface area (Å²) in [6, 6.07) is 8.16. The van der Waals surface area contributed by atoms with Gasteiger partial charge in [-0.05, 0) is 5.56 Å². The minimum atomic E-state index is -4.91. The Morgan fingerprint density at radius 3 is 2.43 bits per heavy atom. The third kappa shape index (κ3) is 4.06. The molecule has 0 aliphatic heterocycles. The molecule has 2 aromatic heterocycles. The smallest absolute Gasteiger partial charge is 0.451 e. The molecule has 156 valence electrons. The maximum atomic E-state index is 13.1. The minimum absolute atomic E-state index is 0.260. The number of benzene rings is 1. The van der Waals surface area contributed by atoms with Crippen molar-refractivity contribution in [1.29, 1.82) is 0 Å². The van der Waals surface area contributed by atoms with Crippen molar-refractivity contribution in [3.63, 3.8) is 0 Å². The first kappa shape index (κ1) is 20.8. The number of hydrogen-bond donors (Lipinski definition) is 3. The van der Waals surface area contributed by atoms with E-state index in [1.54, 1.807) is 30.3 Å². The van der Waals surface area contributed by atoms with E-state index in [9.17, 15) is 32.7 Å². The fraction of sp³-hybridized carbons (Fsp3) is 0.167. The first-order valence-electron chi connectivity index (χ1n) is 8.33. The number of alkyl halides is 3. The second kappa shape index (κ2) is 7.81. The molecule has 0 atom stereocenters. The van der Waals surface area contributed by atoms with Crippen LogP contribution in [-0.4, -0.2) is 43.2 Å². The third-order valence-electron chi connectivity index (χ3n) is 4.04. The van der Waals surface area contributed by atoms with Gasteiger partial charge < -0.3 is 15.5 Å². The topological polar surface area (TPSA) is 134 Å². The maximum Gasteiger partial charge on any atom is 0.451 e. The van der Waals surface area contributed by atoms with Crippen LogP contribution in [0.3, 0.4) is 0 Å². The minimum Gasteiger partial charge on any atom is -0.506 e. The van der Waals surface area contributed by atoms with Gasteiger partial charge >= 0.3 is 12.1 Å². The summed E-state index contributed by atoms with van der Waals surface area (Å²) in [4.78, 5) is 42.4. The lowest BCUT2D eigenvalue weighted by atomic mass is 10.1. The highest BCUT2D eigenvalue weighted by molar-refractivity contribution is 6.02. The Labute approximate surface area is 165 Å². The van der Waals surface area contributed by atoms with E-state index in [1.165, 1.54) is 0 Å². The number of carboxylic acids is 1. The average Bonchev–Trinajstić information content (AvgIpc) is 2.69. The number of rotatable bonds is 5. The van der Waals surface area contributed by atoms with Gasteiger partial charge in [-0.3, -0.25) is 19.0 Å². The van der Waals surface area contributed by atoms with Crippen molar-refractivity contribution in [1.82, 2.24) is 19.9 Å². The van der Waals surface area contributed by atoms with Crippen molar-refractivity contribution in [2.24, 2.45) is 0 Å². The molecule has 2 heterocycles. The fourth-order valence-electron chi connectivity index (χ4n) is 2.71. The highest BCUT2D eigenvalue weighted by atomic mass is 19.4. The monoisotopic (exact) mass is 422 g/mol. The van der Waals surface area contributed by atoms with Gasteiger partial charge in [-0.1, -0.05) is 30.3 Å². The Morgan fingerprint density at radius 1 is 1.17 bits per heavy atom. The van der Waals surface area contributed by atoms with Crippen LogP contribution in [0.2, 0.25) is 0 Å². The molecule has 0 aliphatic carbocycles. The lowest BCUT2D eigenvalue weighted by Crippen LogP contribution is -2.36. The highest BCUT2D eigenvalue weighted by Gasteiger charge is 2.36. The quantitative estimate of drug-likeness (QED) is 0.565. The Balaban J connectivity index is 2.27. The first-order chi connectivity index (χ1) is 14.1. The van der Waals surface area contributed by atoms with Crippen molar-refractivity contribution in [2.45, 2.75) is 12.7 Å². The zero-order chi connectivity index (χ0) is 22.1. The van der Waals surface area contributed by atoms with Crippen LogP contribution >= 0.6 is 0 Å². The number of nitrogens with one attached hydrogen (secondary N) is 1. The number of carbonyl (C=O) groups excluding carboxylic acids is 1. The van der Waals surface area contributed by atoms with Crippen LogP contribution in [0.5, 0.6) is 5.75 Å². The number of nitrogens with zero attached hydrogens (tertiary/aromatic N) is 3. The van der Waals surface area contributed by atoms with Crippen LogP contribution in [0.4, 0.5) is 13.2 Å². The van der Waals surface area contributed by atoms with E-state index in [1.807, 2.05) is 5.32 Å². The summed E-state index contributed by atoms with van der Waals surface area (Å²) in [6.45, 7) is -1.10. The van der Waals surface area contributed by atoms with Gasteiger partial charge in [0.1, 0.15) is 17.9 Å². The number of aliphatic carboxylic acids is 1. The van der Waals surface area contributed by atoms with Gasteiger partial charge in [-0.2, -0.15) is 13.2 Å².